The summed E-state index contributed by atoms with van der Waals surface area (Å²) < 4.78 is 0. The maximum absolute atomic E-state index is 10.4. The molecule has 0 amide bonds. The molecule has 1 atom stereocenters. The predicted octanol–water partition coefficient (Wildman–Crippen LogP) is 0.527. The summed E-state index contributed by atoms with van der Waals surface area (Å²) in [5.74, 6) is 0.758. The van der Waals surface area contributed by atoms with Gasteiger partial charge in [-0.1, -0.05) is 0 Å². The molecule has 1 aliphatic heterocycles. The van der Waals surface area contributed by atoms with Gasteiger partial charge < -0.3 is 10.6 Å². The number of hydrogen-bond acceptors (Lipinski definition) is 5. The van der Waals surface area contributed by atoms with Crippen LogP contribution in [-0.4, -0.2) is 29.0 Å². The van der Waals surface area contributed by atoms with E-state index < -0.39 is 4.92 Å². The van der Waals surface area contributed by atoms with E-state index in [0.717, 1.165) is 25.3 Å². The van der Waals surface area contributed by atoms with Crippen LogP contribution in [0.4, 0.5) is 11.5 Å². The third-order valence-electron chi connectivity index (χ3n) is 2.49. The highest BCUT2D eigenvalue weighted by atomic mass is 16.6. The number of nitro groups is 1. The monoisotopic (exact) mass is 208 g/mol. The molecule has 1 saturated heterocycles. The molecular weight excluding hydrogens is 196 g/mol. The zero-order chi connectivity index (χ0) is 10.8. The lowest BCUT2D eigenvalue weighted by Gasteiger charge is -2.15. The van der Waals surface area contributed by atoms with Crippen molar-refractivity contribution in [3.8, 4) is 0 Å². The molecule has 15 heavy (non-hydrogen) atoms. The minimum atomic E-state index is -0.452. The number of nitrogens with zero attached hydrogens (tertiary/aromatic N) is 3. The summed E-state index contributed by atoms with van der Waals surface area (Å²) in [6.45, 7) is 1.64. The second-order valence-electron chi connectivity index (χ2n) is 3.63. The van der Waals surface area contributed by atoms with Crippen molar-refractivity contribution in [3.63, 3.8) is 0 Å². The van der Waals surface area contributed by atoms with Gasteiger partial charge in [-0.3, -0.25) is 10.1 Å². The molecule has 1 aromatic rings. The van der Waals surface area contributed by atoms with Gasteiger partial charge in [0.2, 0.25) is 0 Å². The Hall–Kier alpha value is -1.69. The molecule has 0 spiro atoms. The average Bonchev–Trinajstić information content (AvgIpc) is 2.65. The lowest BCUT2D eigenvalue weighted by Crippen LogP contribution is -2.26. The summed E-state index contributed by atoms with van der Waals surface area (Å²) in [4.78, 5) is 16.0. The van der Waals surface area contributed by atoms with Crippen LogP contribution in [0.15, 0.2) is 18.3 Å². The van der Waals surface area contributed by atoms with Crippen molar-refractivity contribution in [1.82, 2.24) is 4.98 Å². The van der Waals surface area contributed by atoms with Gasteiger partial charge in [-0.15, -0.1) is 0 Å². The Morgan fingerprint density at radius 3 is 2.87 bits per heavy atom. The van der Waals surface area contributed by atoms with Gasteiger partial charge >= 0.3 is 0 Å². The summed E-state index contributed by atoms with van der Waals surface area (Å²) in [6.07, 6.45) is 2.22. The van der Waals surface area contributed by atoms with Crippen LogP contribution in [-0.2, 0) is 0 Å². The minimum Gasteiger partial charge on any atom is -0.355 e. The first-order valence-corrected chi connectivity index (χ1v) is 4.78. The summed E-state index contributed by atoms with van der Waals surface area (Å²) in [5, 5.41) is 10.4. The molecule has 0 saturated carbocycles. The molecule has 0 radical (unpaired) electrons. The van der Waals surface area contributed by atoms with Crippen molar-refractivity contribution in [3.05, 3.63) is 28.4 Å². The molecule has 2 rings (SSSR count). The van der Waals surface area contributed by atoms with Crippen molar-refractivity contribution in [2.75, 3.05) is 18.0 Å². The highest BCUT2D eigenvalue weighted by molar-refractivity contribution is 5.44. The van der Waals surface area contributed by atoms with Crippen molar-refractivity contribution in [1.29, 1.82) is 0 Å². The number of nitrogens with two attached hydrogens (primary N) is 1. The van der Waals surface area contributed by atoms with Crippen LogP contribution in [0.5, 0.6) is 0 Å². The Kier molecular flexibility index (Phi) is 2.51. The minimum absolute atomic E-state index is 0.0160. The number of pyridine rings is 1. The molecule has 0 bridgehead atoms. The van der Waals surface area contributed by atoms with E-state index in [0.29, 0.717) is 0 Å². The highest BCUT2D eigenvalue weighted by Gasteiger charge is 2.20. The third-order valence-corrected chi connectivity index (χ3v) is 2.49. The van der Waals surface area contributed by atoms with E-state index in [9.17, 15) is 10.1 Å². The molecule has 2 N–H and O–H groups in total. The summed E-state index contributed by atoms with van der Waals surface area (Å²) in [7, 11) is 0. The van der Waals surface area contributed by atoms with Crippen LogP contribution < -0.4 is 10.6 Å². The maximum Gasteiger partial charge on any atom is 0.287 e. The van der Waals surface area contributed by atoms with Crippen molar-refractivity contribution >= 4 is 11.5 Å². The molecule has 2 heterocycles. The molecule has 0 aromatic carbocycles. The number of hydrogen-bond donors (Lipinski definition) is 1. The first-order chi connectivity index (χ1) is 7.16. The van der Waals surface area contributed by atoms with Gasteiger partial charge in [0.1, 0.15) is 12.0 Å². The molecule has 1 aliphatic rings. The van der Waals surface area contributed by atoms with Crippen molar-refractivity contribution in [2.45, 2.75) is 12.5 Å². The molecule has 1 aromatic heterocycles. The van der Waals surface area contributed by atoms with Crippen molar-refractivity contribution in [2.24, 2.45) is 5.73 Å². The molecular formula is C9H12N4O2. The lowest BCUT2D eigenvalue weighted by atomic mass is 10.3. The SMILES string of the molecule is NC1CCN(c2ccc([N+](=O)[O-])cn2)C1. The lowest BCUT2D eigenvalue weighted by molar-refractivity contribution is -0.385. The van der Waals surface area contributed by atoms with Gasteiger partial charge in [0.15, 0.2) is 0 Å². The summed E-state index contributed by atoms with van der Waals surface area (Å²) in [5.41, 5.74) is 5.78. The van der Waals surface area contributed by atoms with Crippen molar-refractivity contribution < 1.29 is 4.92 Å². The molecule has 0 aliphatic carbocycles. The fourth-order valence-electron chi connectivity index (χ4n) is 1.67. The van der Waals surface area contributed by atoms with E-state index >= 15 is 0 Å². The van der Waals surface area contributed by atoms with Crippen LogP contribution in [0.2, 0.25) is 0 Å². The fourth-order valence-corrected chi connectivity index (χ4v) is 1.67. The molecule has 6 nitrogen and oxygen atoms in total. The second kappa shape index (κ2) is 3.82. The van der Waals surface area contributed by atoms with Crippen LogP contribution in [0.3, 0.4) is 0 Å². The predicted molar refractivity (Wildman–Crippen MR) is 55.7 cm³/mol. The largest absolute Gasteiger partial charge is 0.355 e. The quantitative estimate of drug-likeness (QED) is 0.566. The average molecular weight is 208 g/mol. The highest BCUT2D eigenvalue weighted by Crippen LogP contribution is 2.19. The molecule has 1 unspecified atom stereocenters. The second-order valence-corrected chi connectivity index (χ2v) is 3.63. The topological polar surface area (TPSA) is 85.3 Å². The molecule has 1 fully saturated rings. The van der Waals surface area contributed by atoms with E-state index in [-0.39, 0.29) is 11.7 Å². The standard InChI is InChI=1S/C9H12N4O2/c10-7-3-4-12(6-7)9-2-1-8(5-11-9)13(14)15/h1-2,5,7H,3-4,6,10H2. The van der Waals surface area contributed by atoms with Gasteiger partial charge in [-0.25, -0.2) is 4.98 Å². The fraction of sp³-hybridized carbons (Fsp3) is 0.444. The summed E-state index contributed by atoms with van der Waals surface area (Å²) in [6, 6.07) is 3.31. The van der Waals surface area contributed by atoms with Gasteiger partial charge in [0, 0.05) is 25.2 Å². The van der Waals surface area contributed by atoms with Crippen LogP contribution in [0.25, 0.3) is 0 Å². The van der Waals surface area contributed by atoms with Crippen LogP contribution in [0.1, 0.15) is 6.42 Å². The number of rotatable bonds is 2. The Morgan fingerprint density at radius 2 is 2.40 bits per heavy atom. The molecule has 6 heteroatoms. The zero-order valence-corrected chi connectivity index (χ0v) is 8.17. The third kappa shape index (κ3) is 2.04. The number of anilines is 1. The van der Waals surface area contributed by atoms with E-state index in [1.807, 2.05) is 4.90 Å². The van der Waals surface area contributed by atoms with Gasteiger partial charge in [-0.05, 0) is 12.5 Å². The first kappa shape index (κ1) is 9.85. The first-order valence-electron chi connectivity index (χ1n) is 4.78. The Morgan fingerprint density at radius 1 is 1.60 bits per heavy atom. The maximum atomic E-state index is 10.4. The number of aromatic nitrogens is 1. The van der Waals surface area contributed by atoms with E-state index in [1.54, 1.807) is 6.07 Å². The normalized spacial score (nSPS) is 20.6. The summed E-state index contributed by atoms with van der Waals surface area (Å²) >= 11 is 0. The Bertz CT molecular complexity index is 365. The van der Waals surface area contributed by atoms with Gasteiger partial charge in [0.25, 0.3) is 5.69 Å². The van der Waals surface area contributed by atoms with Crippen LogP contribution in [0, 0.1) is 10.1 Å². The van der Waals surface area contributed by atoms with Gasteiger partial charge in [-0.2, -0.15) is 0 Å². The Labute approximate surface area is 86.9 Å². The Balaban J connectivity index is 2.13. The molecule has 80 valence electrons. The smallest absolute Gasteiger partial charge is 0.287 e. The van der Waals surface area contributed by atoms with E-state index in [1.165, 1.54) is 12.3 Å². The van der Waals surface area contributed by atoms with E-state index in [2.05, 4.69) is 4.98 Å². The zero-order valence-electron chi connectivity index (χ0n) is 8.17. The van der Waals surface area contributed by atoms with E-state index in [4.69, 9.17) is 5.73 Å². The van der Waals surface area contributed by atoms with Gasteiger partial charge in [0.05, 0.1) is 4.92 Å². The van der Waals surface area contributed by atoms with Crippen LogP contribution >= 0.6 is 0 Å².